The highest BCUT2D eigenvalue weighted by molar-refractivity contribution is 7.92. The molecule has 1 amide bonds. The van der Waals surface area contributed by atoms with Crippen LogP contribution in [0.2, 0.25) is 0 Å². The Hall–Kier alpha value is -3.07. The van der Waals surface area contributed by atoms with Crippen molar-refractivity contribution >= 4 is 27.8 Å². The molecule has 0 heterocycles. The Morgan fingerprint density at radius 1 is 1.00 bits per heavy atom. The van der Waals surface area contributed by atoms with Gasteiger partial charge in [-0.05, 0) is 103 Å². The molecule has 4 saturated carbocycles. The minimum atomic E-state index is -3.67. The lowest BCUT2D eigenvalue weighted by atomic mass is 9.48. The lowest BCUT2D eigenvalue weighted by Crippen LogP contribution is -2.48. The lowest BCUT2D eigenvalue weighted by Gasteiger charge is -2.57. The average Bonchev–Trinajstić information content (AvgIpc) is 2.86. The SMILES string of the molecule is COc1ccc(/C=N/NC(=O)CN(c2ccc(C34CC5CC(CC(C5)C3)C4)cc2)S(C)(=O)=O)cc1OC. The molecule has 4 fully saturated rings. The summed E-state index contributed by atoms with van der Waals surface area (Å²) in [6, 6.07) is 13.1. The standard InChI is InChI=1S/C28H35N3O5S/c1-35-25-9-4-19(13-26(25)36-2)17-29-30-27(32)18-31(37(3,33)34)24-7-5-23(6-8-24)28-14-20-10-21(15-28)12-22(11-20)16-28/h4-9,13,17,20-22H,10-12,14-16,18H2,1-3H3,(H,30,32)/b29-17+. The van der Waals surface area contributed by atoms with E-state index in [0.29, 0.717) is 22.7 Å². The van der Waals surface area contributed by atoms with E-state index in [4.69, 9.17) is 9.47 Å². The van der Waals surface area contributed by atoms with Gasteiger partial charge in [0.25, 0.3) is 5.91 Å². The highest BCUT2D eigenvalue weighted by atomic mass is 32.2. The second-order valence-electron chi connectivity index (χ2n) is 10.9. The minimum absolute atomic E-state index is 0.236. The number of carbonyl (C=O) groups is 1. The van der Waals surface area contributed by atoms with E-state index >= 15 is 0 Å². The van der Waals surface area contributed by atoms with Crippen molar-refractivity contribution in [2.24, 2.45) is 22.9 Å². The smallest absolute Gasteiger partial charge is 0.260 e. The molecule has 198 valence electrons. The fraction of sp³-hybridized carbons (Fsp3) is 0.500. The third-order valence-electron chi connectivity index (χ3n) is 8.30. The lowest BCUT2D eigenvalue weighted by molar-refractivity contribution is -0.119. The summed E-state index contributed by atoms with van der Waals surface area (Å²) < 4.78 is 36.8. The number of hydrazone groups is 1. The van der Waals surface area contributed by atoms with Crippen LogP contribution in [0.3, 0.4) is 0 Å². The van der Waals surface area contributed by atoms with Crippen LogP contribution in [-0.2, 0) is 20.2 Å². The van der Waals surface area contributed by atoms with Crippen molar-refractivity contribution in [2.45, 2.75) is 43.9 Å². The van der Waals surface area contributed by atoms with Crippen LogP contribution in [-0.4, -0.2) is 47.6 Å². The van der Waals surface area contributed by atoms with Gasteiger partial charge in [-0.3, -0.25) is 9.10 Å². The number of ether oxygens (including phenoxy) is 2. The zero-order valence-electron chi connectivity index (χ0n) is 21.6. The van der Waals surface area contributed by atoms with Crippen LogP contribution < -0.4 is 19.2 Å². The van der Waals surface area contributed by atoms with E-state index in [1.165, 1.54) is 57.4 Å². The Morgan fingerprint density at radius 2 is 1.59 bits per heavy atom. The first-order valence-corrected chi connectivity index (χ1v) is 14.7. The van der Waals surface area contributed by atoms with Gasteiger partial charge >= 0.3 is 0 Å². The molecule has 0 radical (unpaired) electrons. The first-order valence-electron chi connectivity index (χ1n) is 12.8. The van der Waals surface area contributed by atoms with Crippen molar-refractivity contribution in [3.05, 3.63) is 53.6 Å². The summed E-state index contributed by atoms with van der Waals surface area (Å²) in [6.07, 6.45) is 10.4. The van der Waals surface area contributed by atoms with E-state index in [1.54, 1.807) is 25.3 Å². The van der Waals surface area contributed by atoms with Crippen molar-refractivity contribution in [3.8, 4) is 11.5 Å². The van der Waals surface area contributed by atoms with Gasteiger partial charge in [-0.2, -0.15) is 5.10 Å². The number of nitrogens with zero attached hydrogens (tertiary/aromatic N) is 2. The van der Waals surface area contributed by atoms with Crippen molar-refractivity contribution in [2.75, 3.05) is 31.3 Å². The van der Waals surface area contributed by atoms with Gasteiger partial charge in [0.1, 0.15) is 6.54 Å². The summed E-state index contributed by atoms with van der Waals surface area (Å²) >= 11 is 0. The van der Waals surface area contributed by atoms with E-state index in [-0.39, 0.29) is 12.0 Å². The molecule has 4 aliphatic carbocycles. The summed E-state index contributed by atoms with van der Waals surface area (Å²) in [5.74, 6) is 3.09. The first kappa shape index (κ1) is 25.6. The summed E-state index contributed by atoms with van der Waals surface area (Å²) in [5.41, 5.74) is 5.14. The molecule has 4 aliphatic rings. The summed E-state index contributed by atoms with van der Waals surface area (Å²) in [6.45, 7) is -0.362. The molecule has 0 saturated heterocycles. The van der Waals surface area contributed by atoms with Gasteiger partial charge in [0.05, 0.1) is 32.4 Å². The number of hydrogen-bond acceptors (Lipinski definition) is 6. The normalized spacial score (nSPS) is 26.3. The van der Waals surface area contributed by atoms with Crippen LogP contribution in [0.25, 0.3) is 0 Å². The van der Waals surface area contributed by atoms with E-state index in [2.05, 4.69) is 22.7 Å². The van der Waals surface area contributed by atoms with Crippen molar-refractivity contribution in [3.63, 3.8) is 0 Å². The van der Waals surface area contributed by atoms with E-state index < -0.39 is 15.9 Å². The van der Waals surface area contributed by atoms with Gasteiger partial charge in [0, 0.05) is 0 Å². The monoisotopic (exact) mass is 525 g/mol. The van der Waals surface area contributed by atoms with Gasteiger partial charge in [0.2, 0.25) is 10.0 Å². The predicted molar refractivity (Wildman–Crippen MR) is 144 cm³/mol. The maximum absolute atomic E-state index is 12.6. The number of amides is 1. The third kappa shape index (κ3) is 5.32. The molecule has 2 aromatic carbocycles. The molecule has 0 aliphatic heterocycles. The third-order valence-corrected chi connectivity index (χ3v) is 9.44. The second-order valence-corrected chi connectivity index (χ2v) is 12.8. The number of anilines is 1. The molecule has 0 spiro atoms. The molecule has 37 heavy (non-hydrogen) atoms. The van der Waals surface area contributed by atoms with Crippen molar-refractivity contribution in [1.29, 1.82) is 0 Å². The molecule has 6 rings (SSSR count). The van der Waals surface area contributed by atoms with Gasteiger partial charge in [-0.25, -0.2) is 13.8 Å². The maximum atomic E-state index is 12.6. The fourth-order valence-electron chi connectivity index (χ4n) is 7.12. The van der Waals surface area contributed by atoms with Gasteiger partial charge in [-0.15, -0.1) is 0 Å². The van der Waals surface area contributed by atoms with Gasteiger partial charge in [0.15, 0.2) is 11.5 Å². The highest BCUT2D eigenvalue weighted by Gasteiger charge is 2.51. The topological polar surface area (TPSA) is 97.3 Å². The molecule has 0 aromatic heterocycles. The molecule has 0 unspecified atom stereocenters. The molecular weight excluding hydrogens is 490 g/mol. The summed E-state index contributed by atoms with van der Waals surface area (Å²) in [4.78, 5) is 12.6. The van der Waals surface area contributed by atoms with Crippen LogP contribution in [0.1, 0.15) is 49.7 Å². The largest absolute Gasteiger partial charge is 0.493 e. The molecule has 9 heteroatoms. The average molecular weight is 526 g/mol. The highest BCUT2D eigenvalue weighted by Crippen LogP contribution is 2.60. The number of nitrogens with one attached hydrogen (secondary N) is 1. The molecule has 8 nitrogen and oxygen atoms in total. The Labute approximate surface area is 219 Å². The Morgan fingerprint density at radius 3 is 2.14 bits per heavy atom. The van der Waals surface area contributed by atoms with Crippen LogP contribution in [0.4, 0.5) is 5.69 Å². The summed E-state index contributed by atoms with van der Waals surface area (Å²) in [5, 5.41) is 3.98. The Bertz CT molecular complexity index is 1250. The second kappa shape index (κ2) is 10.0. The van der Waals surface area contributed by atoms with E-state index in [1.807, 2.05) is 12.1 Å². The Balaban J connectivity index is 1.26. The number of sulfonamides is 1. The predicted octanol–water partition coefficient (Wildman–Crippen LogP) is 4.09. The molecular formula is C28H35N3O5S. The number of benzene rings is 2. The number of hydrogen-bond donors (Lipinski definition) is 1. The first-order chi connectivity index (χ1) is 17.7. The van der Waals surface area contributed by atoms with Crippen LogP contribution >= 0.6 is 0 Å². The number of rotatable bonds is 9. The van der Waals surface area contributed by atoms with Gasteiger partial charge < -0.3 is 9.47 Å². The molecule has 4 bridgehead atoms. The zero-order valence-corrected chi connectivity index (χ0v) is 22.5. The number of carbonyl (C=O) groups excluding carboxylic acids is 1. The van der Waals surface area contributed by atoms with Crippen LogP contribution in [0, 0.1) is 17.8 Å². The minimum Gasteiger partial charge on any atom is -0.493 e. The number of methoxy groups -OCH3 is 2. The zero-order chi connectivity index (χ0) is 26.2. The quantitative estimate of drug-likeness (QED) is 0.393. The Kier molecular flexibility index (Phi) is 6.91. The molecule has 2 aromatic rings. The van der Waals surface area contributed by atoms with Crippen molar-refractivity contribution < 1.29 is 22.7 Å². The van der Waals surface area contributed by atoms with Gasteiger partial charge in [-0.1, -0.05) is 12.1 Å². The van der Waals surface area contributed by atoms with Crippen LogP contribution in [0.15, 0.2) is 47.6 Å². The van der Waals surface area contributed by atoms with Crippen molar-refractivity contribution in [1.82, 2.24) is 5.43 Å². The molecule has 0 atom stereocenters. The summed E-state index contributed by atoms with van der Waals surface area (Å²) in [7, 11) is -0.585. The maximum Gasteiger partial charge on any atom is 0.260 e. The van der Waals surface area contributed by atoms with Crippen LogP contribution in [0.5, 0.6) is 11.5 Å². The fourth-order valence-corrected chi connectivity index (χ4v) is 7.98. The van der Waals surface area contributed by atoms with E-state index in [0.717, 1.165) is 28.3 Å². The van der Waals surface area contributed by atoms with E-state index in [9.17, 15) is 13.2 Å². The molecule has 1 N–H and O–H groups in total.